The second-order valence-electron chi connectivity index (χ2n) is 9.84. The second kappa shape index (κ2) is 16.4. The van der Waals surface area contributed by atoms with E-state index in [0.717, 1.165) is 23.5 Å². The van der Waals surface area contributed by atoms with E-state index >= 15 is 0 Å². The summed E-state index contributed by atoms with van der Waals surface area (Å²) >= 11 is 12.9. The summed E-state index contributed by atoms with van der Waals surface area (Å²) in [5, 5.41) is 0. The number of nitrogens with one attached hydrogen (secondary N) is 2. The van der Waals surface area contributed by atoms with Gasteiger partial charge in [-0.15, -0.1) is 0 Å². The fraction of sp³-hybridized carbons (Fsp3) is 0.226. The Morgan fingerprint density at radius 3 is 1.51 bits per heavy atom. The number of hydrogen-bond acceptors (Lipinski definition) is 12. The van der Waals surface area contributed by atoms with Crippen molar-refractivity contribution >= 4 is 104 Å². The lowest BCUT2D eigenvalue weighted by atomic mass is 10.1. The average molecular weight is 713 g/mol. The lowest BCUT2D eigenvalue weighted by Crippen LogP contribution is -2.43. The Balaban J connectivity index is 1.18. The number of nitrogens with zero attached hydrogens (tertiary/aromatic N) is 2. The molecule has 0 aromatic heterocycles. The Hall–Kier alpha value is -4.38. The first kappa shape index (κ1) is 35.5. The van der Waals surface area contributed by atoms with Gasteiger partial charge in [-0.05, 0) is 54.0 Å². The summed E-state index contributed by atoms with van der Waals surface area (Å²) in [6, 6.07) is 13.1. The number of hydrogen-bond donors (Lipinski definition) is 2. The third kappa shape index (κ3) is 9.34. The van der Waals surface area contributed by atoms with E-state index < -0.39 is 23.8 Å². The highest BCUT2D eigenvalue weighted by molar-refractivity contribution is 8.27. The van der Waals surface area contributed by atoms with E-state index in [1.54, 1.807) is 60.7 Å². The Morgan fingerprint density at radius 2 is 1.09 bits per heavy atom. The van der Waals surface area contributed by atoms with Crippen LogP contribution in [0.1, 0.15) is 51.1 Å². The first-order chi connectivity index (χ1) is 22.5. The Labute approximate surface area is 289 Å². The van der Waals surface area contributed by atoms with E-state index in [2.05, 4.69) is 20.3 Å². The maximum absolute atomic E-state index is 12.9. The smallest absolute Gasteiger partial charge is 0.337 e. The molecule has 0 atom stereocenters. The van der Waals surface area contributed by atoms with Gasteiger partial charge in [-0.2, -0.15) is 0 Å². The number of amides is 4. The topological polar surface area (TPSA) is 151 Å². The molecule has 2 aliphatic rings. The minimum absolute atomic E-state index is 0.0163. The number of hydrazine groups is 1. The van der Waals surface area contributed by atoms with E-state index in [4.69, 9.17) is 24.4 Å². The molecule has 2 N–H and O–H groups in total. The summed E-state index contributed by atoms with van der Waals surface area (Å²) in [5.41, 5.74) is 6.83. The van der Waals surface area contributed by atoms with Gasteiger partial charge in [0.05, 0.1) is 35.2 Å². The number of ether oxygens (including phenoxy) is 2. The van der Waals surface area contributed by atoms with Crippen LogP contribution in [0.15, 0.2) is 58.3 Å². The third-order valence-corrected chi connectivity index (χ3v) is 9.45. The van der Waals surface area contributed by atoms with Gasteiger partial charge in [0.2, 0.25) is 11.8 Å². The van der Waals surface area contributed by atoms with Gasteiger partial charge >= 0.3 is 11.9 Å². The maximum Gasteiger partial charge on any atom is 0.337 e. The molecule has 0 spiro atoms. The number of carbonyl (C=O) groups excluding carboxylic acids is 6. The molecule has 2 aliphatic heterocycles. The molecule has 0 saturated carbocycles. The molecule has 4 rings (SSSR count). The quantitative estimate of drug-likeness (QED) is 0.151. The van der Waals surface area contributed by atoms with Gasteiger partial charge in [-0.3, -0.25) is 39.8 Å². The van der Waals surface area contributed by atoms with E-state index in [9.17, 15) is 28.8 Å². The highest BCUT2D eigenvalue weighted by Crippen LogP contribution is 2.33. The average Bonchev–Trinajstić information content (AvgIpc) is 3.49. The summed E-state index contributed by atoms with van der Waals surface area (Å²) in [7, 11) is 2.59. The summed E-state index contributed by atoms with van der Waals surface area (Å²) < 4.78 is 10.0. The van der Waals surface area contributed by atoms with Gasteiger partial charge < -0.3 is 9.47 Å². The zero-order chi connectivity index (χ0) is 34.1. The van der Waals surface area contributed by atoms with Crippen LogP contribution in [-0.2, 0) is 28.7 Å². The van der Waals surface area contributed by atoms with E-state index in [0.29, 0.717) is 47.1 Å². The Bertz CT molecular complexity index is 1690. The van der Waals surface area contributed by atoms with E-state index in [1.807, 2.05) is 0 Å². The lowest BCUT2D eigenvalue weighted by Gasteiger charge is -2.15. The first-order valence-electron chi connectivity index (χ1n) is 14.0. The van der Waals surface area contributed by atoms with Crippen molar-refractivity contribution in [2.24, 2.45) is 0 Å². The molecule has 4 amide bonds. The number of methoxy groups -OCH3 is 2. The van der Waals surface area contributed by atoms with Crippen LogP contribution in [0.5, 0.6) is 0 Å². The van der Waals surface area contributed by atoms with Crippen LogP contribution in [0.3, 0.4) is 0 Å². The maximum atomic E-state index is 12.9. The van der Waals surface area contributed by atoms with Crippen molar-refractivity contribution in [2.75, 3.05) is 27.3 Å². The molecule has 0 aliphatic carbocycles. The first-order valence-corrected chi connectivity index (χ1v) is 16.4. The highest BCUT2D eigenvalue weighted by atomic mass is 32.2. The van der Waals surface area contributed by atoms with Crippen LogP contribution in [0, 0.1) is 0 Å². The molecule has 2 fully saturated rings. The predicted molar refractivity (Wildman–Crippen MR) is 185 cm³/mol. The fourth-order valence-electron chi connectivity index (χ4n) is 4.23. The monoisotopic (exact) mass is 712 g/mol. The molecular weight excluding hydrogens is 685 g/mol. The van der Waals surface area contributed by atoms with Gasteiger partial charge in [0, 0.05) is 25.9 Å². The Kier molecular flexibility index (Phi) is 12.4. The normalized spacial score (nSPS) is 16.2. The number of carbonyl (C=O) groups is 6. The van der Waals surface area contributed by atoms with Crippen LogP contribution in [0.2, 0.25) is 0 Å². The van der Waals surface area contributed by atoms with Crippen LogP contribution in [-0.4, -0.2) is 81.3 Å². The predicted octanol–water partition coefficient (Wildman–Crippen LogP) is 3.68. The highest BCUT2D eigenvalue weighted by Gasteiger charge is 2.33. The summed E-state index contributed by atoms with van der Waals surface area (Å²) in [6.45, 7) is 0.227. The van der Waals surface area contributed by atoms with Crippen LogP contribution in [0.25, 0.3) is 12.2 Å². The SMILES string of the molecule is COC(=O)c1ccc(/C=C2\SC(=S)N(CCCC(=O)NNC(=O)CCN3C(=O)/C(=C\c4ccc(C(=O)OC)cc4)SC3=S)C2=O)cc1. The molecule has 12 nitrogen and oxygen atoms in total. The number of rotatable bonds is 11. The van der Waals surface area contributed by atoms with Crippen molar-refractivity contribution in [2.45, 2.75) is 19.3 Å². The van der Waals surface area contributed by atoms with Crippen molar-refractivity contribution in [3.8, 4) is 0 Å². The van der Waals surface area contributed by atoms with Crippen molar-refractivity contribution in [3.63, 3.8) is 0 Å². The van der Waals surface area contributed by atoms with Gasteiger partial charge in [-0.25, -0.2) is 9.59 Å². The van der Waals surface area contributed by atoms with Crippen LogP contribution in [0.4, 0.5) is 0 Å². The van der Waals surface area contributed by atoms with Crippen molar-refractivity contribution in [1.82, 2.24) is 20.7 Å². The molecular formula is C31H28N4O8S4. The van der Waals surface area contributed by atoms with Gasteiger partial charge in [0.15, 0.2) is 0 Å². The number of thioether (sulfide) groups is 2. The molecule has 0 unspecified atom stereocenters. The minimum Gasteiger partial charge on any atom is -0.465 e. The van der Waals surface area contributed by atoms with Crippen LogP contribution >= 0.6 is 48.0 Å². The third-order valence-electron chi connectivity index (χ3n) is 6.70. The molecule has 2 aromatic carbocycles. The van der Waals surface area contributed by atoms with Crippen molar-refractivity contribution in [3.05, 3.63) is 80.6 Å². The molecule has 2 heterocycles. The molecule has 47 heavy (non-hydrogen) atoms. The number of esters is 2. The summed E-state index contributed by atoms with van der Waals surface area (Å²) in [6.07, 6.45) is 3.52. The van der Waals surface area contributed by atoms with Gasteiger partial charge in [0.25, 0.3) is 11.8 Å². The molecule has 0 radical (unpaired) electrons. The summed E-state index contributed by atoms with van der Waals surface area (Å²) in [5.74, 6) is -2.54. The van der Waals surface area contributed by atoms with Crippen molar-refractivity contribution < 1.29 is 38.2 Å². The zero-order valence-electron chi connectivity index (χ0n) is 25.1. The standard InChI is InChI=1S/C31H28N4O8S4/c1-42-28(40)20-9-5-18(6-10-20)16-22-26(38)34(30(44)46-22)14-3-4-24(36)32-33-25(37)13-15-35-27(39)23(47-31(35)45)17-19-7-11-21(12-8-19)29(41)43-2/h5-12,16-17H,3-4,13-15H2,1-2H3,(H,32,36)(H,33,37)/b22-16-,23-17+. The zero-order valence-corrected chi connectivity index (χ0v) is 28.4. The summed E-state index contributed by atoms with van der Waals surface area (Å²) in [4.78, 5) is 77.2. The van der Waals surface area contributed by atoms with Crippen LogP contribution < -0.4 is 10.9 Å². The molecule has 0 bridgehead atoms. The number of benzene rings is 2. The molecule has 2 aromatic rings. The Morgan fingerprint density at radius 1 is 0.681 bits per heavy atom. The number of thiocarbonyl (C=S) groups is 2. The second-order valence-corrected chi connectivity index (χ2v) is 13.2. The minimum atomic E-state index is -0.517. The van der Waals surface area contributed by atoms with Gasteiger partial charge in [0.1, 0.15) is 8.64 Å². The molecule has 2 saturated heterocycles. The lowest BCUT2D eigenvalue weighted by molar-refractivity contribution is -0.129. The van der Waals surface area contributed by atoms with Gasteiger partial charge in [-0.1, -0.05) is 72.2 Å². The molecule has 244 valence electrons. The fourth-order valence-corrected chi connectivity index (χ4v) is 6.85. The van der Waals surface area contributed by atoms with Crippen molar-refractivity contribution in [1.29, 1.82) is 0 Å². The largest absolute Gasteiger partial charge is 0.465 e. The van der Waals surface area contributed by atoms with E-state index in [-0.39, 0.29) is 37.7 Å². The van der Waals surface area contributed by atoms with E-state index in [1.165, 1.54) is 24.0 Å². The molecule has 16 heteroatoms.